The van der Waals surface area contributed by atoms with Crippen LogP contribution in [0.15, 0.2) is 76.0 Å². The predicted octanol–water partition coefficient (Wildman–Crippen LogP) is 4.85. The molecule has 0 saturated carbocycles. The van der Waals surface area contributed by atoms with Crippen molar-refractivity contribution in [1.82, 2.24) is 9.55 Å². The van der Waals surface area contributed by atoms with Gasteiger partial charge < -0.3 is 5.32 Å². The van der Waals surface area contributed by atoms with E-state index in [2.05, 4.69) is 26.2 Å². The SMILES string of the molecule is Cc1nc2ccccc2c(=O)n1-c1ccc(F)c(NC(=O)c2cccc(Br)c2)c1. The van der Waals surface area contributed by atoms with Gasteiger partial charge in [0.2, 0.25) is 0 Å². The van der Waals surface area contributed by atoms with Crippen molar-refractivity contribution in [3.05, 3.63) is 98.8 Å². The molecule has 0 unspecified atom stereocenters. The molecule has 7 heteroatoms. The van der Waals surface area contributed by atoms with Crippen LogP contribution in [0.2, 0.25) is 0 Å². The first-order chi connectivity index (χ1) is 13.9. The number of benzene rings is 3. The lowest BCUT2D eigenvalue weighted by molar-refractivity contribution is 0.102. The number of hydrogen-bond donors (Lipinski definition) is 1. The minimum atomic E-state index is -0.600. The lowest BCUT2D eigenvalue weighted by Crippen LogP contribution is -2.22. The fourth-order valence-electron chi connectivity index (χ4n) is 3.12. The molecular weight excluding hydrogens is 437 g/mol. The molecule has 1 heterocycles. The zero-order valence-corrected chi connectivity index (χ0v) is 16.9. The predicted molar refractivity (Wildman–Crippen MR) is 114 cm³/mol. The average Bonchev–Trinajstić information content (AvgIpc) is 2.70. The Hall–Kier alpha value is -3.32. The summed E-state index contributed by atoms with van der Waals surface area (Å²) in [5, 5.41) is 3.03. The molecule has 4 aromatic rings. The Balaban J connectivity index is 1.77. The van der Waals surface area contributed by atoms with Gasteiger partial charge in [0.1, 0.15) is 11.6 Å². The van der Waals surface area contributed by atoms with Gasteiger partial charge in [-0.3, -0.25) is 14.2 Å². The van der Waals surface area contributed by atoms with E-state index in [1.807, 2.05) is 6.07 Å². The van der Waals surface area contributed by atoms with Crippen molar-refractivity contribution < 1.29 is 9.18 Å². The molecule has 0 aliphatic rings. The van der Waals surface area contributed by atoms with Crippen molar-refractivity contribution in [2.24, 2.45) is 0 Å². The van der Waals surface area contributed by atoms with Gasteiger partial charge in [0, 0.05) is 10.0 Å². The molecule has 0 aliphatic heterocycles. The van der Waals surface area contributed by atoms with Gasteiger partial charge in [-0.15, -0.1) is 0 Å². The molecule has 1 aromatic heterocycles. The number of aryl methyl sites for hydroxylation is 1. The molecule has 0 radical (unpaired) electrons. The van der Waals surface area contributed by atoms with E-state index < -0.39 is 11.7 Å². The van der Waals surface area contributed by atoms with Crippen LogP contribution in [-0.4, -0.2) is 15.5 Å². The number of anilines is 1. The van der Waals surface area contributed by atoms with E-state index >= 15 is 0 Å². The van der Waals surface area contributed by atoms with Crippen LogP contribution < -0.4 is 10.9 Å². The standard InChI is InChI=1S/C22H15BrFN3O2/c1-13-25-19-8-3-2-7-17(19)22(29)27(13)16-9-10-18(24)20(12-16)26-21(28)14-5-4-6-15(23)11-14/h2-12H,1H3,(H,26,28). The Morgan fingerprint density at radius 2 is 1.86 bits per heavy atom. The Bertz CT molecular complexity index is 1320. The molecule has 0 saturated heterocycles. The highest BCUT2D eigenvalue weighted by atomic mass is 79.9. The van der Waals surface area contributed by atoms with Gasteiger partial charge in [-0.05, 0) is 55.5 Å². The highest BCUT2D eigenvalue weighted by molar-refractivity contribution is 9.10. The molecule has 0 bridgehead atoms. The van der Waals surface area contributed by atoms with Crippen molar-refractivity contribution in [2.45, 2.75) is 6.92 Å². The van der Waals surface area contributed by atoms with E-state index in [1.165, 1.54) is 22.8 Å². The second kappa shape index (κ2) is 7.60. The normalized spacial score (nSPS) is 10.9. The van der Waals surface area contributed by atoms with Crippen LogP contribution >= 0.6 is 15.9 Å². The fourth-order valence-corrected chi connectivity index (χ4v) is 3.52. The zero-order chi connectivity index (χ0) is 20.5. The molecule has 1 amide bonds. The summed E-state index contributed by atoms with van der Waals surface area (Å²) in [7, 11) is 0. The molecule has 3 aromatic carbocycles. The maximum atomic E-state index is 14.4. The highest BCUT2D eigenvalue weighted by Gasteiger charge is 2.14. The van der Waals surface area contributed by atoms with Crippen LogP contribution in [-0.2, 0) is 0 Å². The molecule has 1 N–H and O–H groups in total. The summed E-state index contributed by atoms with van der Waals surface area (Å²) in [6.07, 6.45) is 0. The van der Waals surface area contributed by atoms with Crippen molar-refractivity contribution in [3.8, 4) is 5.69 Å². The summed E-state index contributed by atoms with van der Waals surface area (Å²) in [4.78, 5) is 29.9. The minimum Gasteiger partial charge on any atom is -0.319 e. The summed E-state index contributed by atoms with van der Waals surface area (Å²) < 4.78 is 16.5. The van der Waals surface area contributed by atoms with E-state index in [0.717, 1.165) is 4.47 Å². The number of para-hydroxylation sites is 1. The number of carbonyl (C=O) groups excluding carboxylic acids is 1. The van der Waals surface area contributed by atoms with E-state index in [0.29, 0.717) is 28.0 Å². The van der Waals surface area contributed by atoms with Gasteiger partial charge in [-0.2, -0.15) is 0 Å². The minimum absolute atomic E-state index is 0.0214. The number of aromatic nitrogens is 2. The summed E-state index contributed by atoms with van der Waals surface area (Å²) in [5.74, 6) is -0.593. The number of rotatable bonds is 3. The topological polar surface area (TPSA) is 64.0 Å². The van der Waals surface area contributed by atoms with Gasteiger partial charge in [0.25, 0.3) is 11.5 Å². The second-order valence-electron chi connectivity index (χ2n) is 6.45. The maximum absolute atomic E-state index is 14.4. The largest absolute Gasteiger partial charge is 0.319 e. The summed E-state index contributed by atoms with van der Waals surface area (Å²) in [6.45, 7) is 1.71. The second-order valence-corrected chi connectivity index (χ2v) is 7.36. The van der Waals surface area contributed by atoms with Crippen LogP contribution in [0.3, 0.4) is 0 Å². The molecule has 0 spiro atoms. The van der Waals surface area contributed by atoms with E-state index in [4.69, 9.17) is 0 Å². The third-order valence-corrected chi connectivity index (χ3v) is 4.98. The number of nitrogens with zero attached hydrogens (tertiary/aromatic N) is 2. The van der Waals surface area contributed by atoms with Crippen molar-refractivity contribution >= 4 is 38.4 Å². The lowest BCUT2D eigenvalue weighted by Gasteiger charge is -2.13. The van der Waals surface area contributed by atoms with E-state index in [1.54, 1.807) is 49.4 Å². The third-order valence-electron chi connectivity index (χ3n) is 4.49. The number of fused-ring (bicyclic) bond motifs is 1. The van der Waals surface area contributed by atoms with Crippen LogP contribution in [0.25, 0.3) is 16.6 Å². The third kappa shape index (κ3) is 3.69. The Labute approximate surface area is 174 Å². The molecule has 5 nitrogen and oxygen atoms in total. The molecule has 0 fully saturated rings. The first-order valence-electron chi connectivity index (χ1n) is 8.79. The summed E-state index contributed by atoms with van der Waals surface area (Å²) in [5.41, 5.74) is 1.11. The number of hydrogen-bond acceptors (Lipinski definition) is 3. The molecular formula is C22H15BrFN3O2. The van der Waals surface area contributed by atoms with Crippen molar-refractivity contribution in [3.63, 3.8) is 0 Å². The van der Waals surface area contributed by atoms with Gasteiger partial charge in [-0.1, -0.05) is 34.1 Å². The highest BCUT2D eigenvalue weighted by Crippen LogP contribution is 2.21. The first kappa shape index (κ1) is 19.0. The number of amides is 1. The maximum Gasteiger partial charge on any atom is 0.265 e. The Morgan fingerprint density at radius 3 is 2.66 bits per heavy atom. The number of halogens is 2. The zero-order valence-electron chi connectivity index (χ0n) is 15.3. The van der Waals surface area contributed by atoms with Gasteiger partial charge in [0.05, 0.1) is 22.3 Å². The number of carbonyl (C=O) groups is 1. The van der Waals surface area contributed by atoms with Crippen molar-refractivity contribution in [1.29, 1.82) is 0 Å². The smallest absolute Gasteiger partial charge is 0.265 e. The van der Waals surface area contributed by atoms with Crippen LogP contribution in [0, 0.1) is 12.7 Å². The van der Waals surface area contributed by atoms with Gasteiger partial charge in [-0.25, -0.2) is 9.37 Å². The summed E-state index contributed by atoms with van der Waals surface area (Å²) >= 11 is 3.31. The quantitative estimate of drug-likeness (QED) is 0.484. The van der Waals surface area contributed by atoms with Crippen LogP contribution in [0.4, 0.5) is 10.1 Å². The van der Waals surface area contributed by atoms with Crippen LogP contribution in [0.5, 0.6) is 0 Å². The monoisotopic (exact) mass is 451 g/mol. The molecule has 0 aliphatic carbocycles. The molecule has 144 valence electrons. The number of nitrogens with one attached hydrogen (secondary N) is 1. The van der Waals surface area contributed by atoms with E-state index in [9.17, 15) is 14.0 Å². The van der Waals surface area contributed by atoms with Gasteiger partial charge in [0.15, 0.2) is 0 Å². The van der Waals surface area contributed by atoms with E-state index in [-0.39, 0.29) is 11.2 Å². The van der Waals surface area contributed by atoms with Gasteiger partial charge >= 0.3 is 0 Å². The summed E-state index contributed by atoms with van der Waals surface area (Å²) in [6, 6.07) is 17.9. The lowest BCUT2D eigenvalue weighted by atomic mass is 10.2. The molecule has 29 heavy (non-hydrogen) atoms. The fraction of sp³-hybridized carbons (Fsp3) is 0.0455. The average molecular weight is 452 g/mol. The molecule has 4 rings (SSSR count). The van der Waals surface area contributed by atoms with Crippen LogP contribution in [0.1, 0.15) is 16.2 Å². The first-order valence-corrected chi connectivity index (χ1v) is 9.58. The van der Waals surface area contributed by atoms with Crippen molar-refractivity contribution in [2.75, 3.05) is 5.32 Å². The Morgan fingerprint density at radius 1 is 1.07 bits per heavy atom. The molecule has 0 atom stereocenters. The Kier molecular flexibility index (Phi) is 4.98.